The molecular weight excluding hydrogens is 186 g/mol. The Labute approximate surface area is 93.6 Å². The lowest BCUT2D eigenvalue weighted by Crippen LogP contribution is -2.52. The molecule has 1 saturated heterocycles. The van der Waals surface area contributed by atoms with Crippen LogP contribution in [-0.4, -0.2) is 55.6 Å². The van der Waals surface area contributed by atoms with Crippen LogP contribution < -0.4 is 5.73 Å². The lowest BCUT2D eigenvalue weighted by Gasteiger charge is -2.40. The molecule has 2 aliphatic rings. The third-order valence-electron chi connectivity index (χ3n) is 4.16. The summed E-state index contributed by atoms with van der Waals surface area (Å²) >= 11 is 0. The standard InChI is InChI=1S/C12H25N3/c1-14-5-7-15(8-6-14)12(10-13)9-11-3-2-4-11/h11-12H,2-10,13H2,1H3. The van der Waals surface area contributed by atoms with E-state index < -0.39 is 0 Å². The zero-order valence-electron chi connectivity index (χ0n) is 9.99. The van der Waals surface area contributed by atoms with Crippen molar-refractivity contribution in [2.24, 2.45) is 11.7 Å². The van der Waals surface area contributed by atoms with Crippen molar-refractivity contribution in [3.63, 3.8) is 0 Å². The lowest BCUT2D eigenvalue weighted by atomic mass is 9.80. The van der Waals surface area contributed by atoms with Crippen molar-refractivity contribution in [2.75, 3.05) is 39.8 Å². The second-order valence-corrected chi connectivity index (χ2v) is 5.26. The molecule has 2 rings (SSSR count). The van der Waals surface area contributed by atoms with Crippen LogP contribution in [0.3, 0.4) is 0 Å². The van der Waals surface area contributed by atoms with Gasteiger partial charge in [-0.2, -0.15) is 0 Å². The number of rotatable bonds is 4. The number of likely N-dealkylation sites (N-methyl/N-ethyl adjacent to an activating group) is 1. The molecule has 3 heteroatoms. The molecule has 2 N–H and O–H groups in total. The van der Waals surface area contributed by atoms with Gasteiger partial charge in [-0.05, 0) is 19.4 Å². The smallest absolute Gasteiger partial charge is 0.0222 e. The van der Waals surface area contributed by atoms with Crippen LogP contribution in [0.2, 0.25) is 0 Å². The summed E-state index contributed by atoms with van der Waals surface area (Å²) in [6.45, 7) is 5.69. The van der Waals surface area contributed by atoms with Crippen molar-refractivity contribution >= 4 is 0 Å². The van der Waals surface area contributed by atoms with Crippen LogP contribution in [0.5, 0.6) is 0 Å². The van der Waals surface area contributed by atoms with Gasteiger partial charge in [0.2, 0.25) is 0 Å². The zero-order valence-corrected chi connectivity index (χ0v) is 9.99. The molecule has 0 aromatic carbocycles. The summed E-state index contributed by atoms with van der Waals surface area (Å²) in [4.78, 5) is 5.02. The summed E-state index contributed by atoms with van der Waals surface area (Å²) in [5, 5.41) is 0. The maximum Gasteiger partial charge on any atom is 0.0222 e. The molecule has 15 heavy (non-hydrogen) atoms. The molecule has 1 aliphatic carbocycles. The van der Waals surface area contributed by atoms with E-state index in [4.69, 9.17) is 5.73 Å². The van der Waals surface area contributed by atoms with Crippen LogP contribution in [0.4, 0.5) is 0 Å². The van der Waals surface area contributed by atoms with Gasteiger partial charge in [-0.3, -0.25) is 4.90 Å². The van der Waals surface area contributed by atoms with Crippen LogP contribution in [-0.2, 0) is 0 Å². The summed E-state index contributed by atoms with van der Waals surface area (Å²) in [5.74, 6) is 0.984. The zero-order chi connectivity index (χ0) is 10.7. The minimum atomic E-state index is 0.656. The van der Waals surface area contributed by atoms with E-state index in [1.165, 1.54) is 51.9 Å². The summed E-state index contributed by atoms with van der Waals surface area (Å²) < 4.78 is 0. The van der Waals surface area contributed by atoms with Gasteiger partial charge in [-0.15, -0.1) is 0 Å². The fourth-order valence-corrected chi connectivity index (χ4v) is 2.69. The highest BCUT2D eigenvalue weighted by Gasteiger charge is 2.26. The molecule has 0 spiro atoms. The maximum absolute atomic E-state index is 5.91. The fraction of sp³-hybridized carbons (Fsp3) is 1.00. The van der Waals surface area contributed by atoms with Gasteiger partial charge < -0.3 is 10.6 Å². The average molecular weight is 211 g/mol. The Morgan fingerprint density at radius 2 is 1.87 bits per heavy atom. The van der Waals surface area contributed by atoms with Crippen molar-refractivity contribution in [1.82, 2.24) is 9.80 Å². The first-order chi connectivity index (χ1) is 7.29. The van der Waals surface area contributed by atoms with E-state index in [1.54, 1.807) is 0 Å². The van der Waals surface area contributed by atoms with E-state index in [2.05, 4.69) is 16.8 Å². The highest BCUT2D eigenvalue weighted by atomic mass is 15.3. The first-order valence-corrected chi connectivity index (χ1v) is 6.42. The summed E-state index contributed by atoms with van der Waals surface area (Å²) in [5.41, 5.74) is 5.91. The largest absolute Gasteiger partial charge is 0.329 e. The summed E-state index contributed by atoms with van der Waals surface area (Å²) in [6, 6.07) is 0.656. The topological polar surface area (TPSA) is 32.5 Å². The third kappa shape index (κ3) is 2.92. The molecule has 0 bridgehead atoms. The molecule has 0 aromatic rings. The van der Waals surface area contributed by atoms with Crippen LogP contribution in [0.25, 0.3) is 0 Å². The van der Waals surface area contributed by atoms with Gasteiger partial charge in [-0.1, -0.05) is 19.3 Å². The molecule has 1 unspecified atom stereocenters. The monoisotopic (exact) mass is 211 g/mol. The fourth-order valence-electron chi connectivity index (χ4n) is 2.69. The average Bonchev–Trinajstić information content (AvgIpc) is 2.19. The number of hydrogen-bond donors (Lipinski definition) is 1. The Hall–Kier alpha value is -0.120. The van der Waals surface area contributed by atoms with Gasteiger partial charge in [0.1, 0.15) is 0 Å². The van der Waals surface area contributed by atoms with Crippen LogP contribution in [0, 0.1) is 5.92 Å². The SMILES string of the molecule is CN1CCN(C(CN)CC2CCC2)CC1. The van der Waals surface area contributed by atoms with Gasteiger partial charge in [-0.25, -0.2) is 0 Å². The first kappa shape index (κ1) is 11.4. The molecule has 1 aliphatic heterocycles. The highest BCUT2D eigenvalue weighted by molar-refractivity contribution is 4.82. The minimum Gasteiger partial charge on any atom is -0.329 e. The highest BCUT2D eigenvalue weighted by Crippen LogP contribution is 2.31. The predicted molar refractivity (Wildman–Crippen MR) is 63.9 cm³/mol. The van der Waals surface area contributed by atoms with Gasteiger partial charge >= 0.3 is 0 Å². The van der Waals surface area contributed by atoms with Crippen LogP contribution in [0.1, 0.15) is 25.7 Å². The molecule has 0 radical (unpaired) electrons. The van der Waals surface area contributed by atoms with E-state index >= 15 is 0 Å². The van der Waals surface area contributed by atoms with Crippen molar-refractivity contribution in [3.8, 4) is 0 Å². The van der Waals surface area contributed by atoms with Gasteiger partial charge in [0, 0.05) is 38.8 Å². The Kier molecular flexibility index (Phi) is 4.00. The second-order valence-electron chi connectivity index (χ2n) is 5.26. The Bertz CT molecular complexity index is 183. The molecule has 3 nitrogen and oxygen atoms in total. The maximum atomic E-state index is 5.91. The van der Waals surface area contributed by atoms with Gasteiger partial charge in [0.05, 0.1) is 0 Å². The molecule has 88 valence electrons. The number of piperazine rings is 1. The first-order valence-electron chi connectivity index (χ1n) is 6.42. The van der Waals surface area contributed by atoms with E-state index in [9.17, 15) is 0 Å². The Morgan fingerprint density at radius 1 is 1.20 bits per heavy atom. The molecule has 1 atom stereocenters. The molecule has 1 heterocycles. The Balaban J connectivity index is 1.77. The van der Waals surface area contributed by atoms with Crippen molar-refractivity contribution in [1.29, 1.82) is 0 Å². The summed E-state index contributed by atoms with van der Waals surface area (Å²) in [7, 11) is 2.21. The van der Waals surface area contributed by atoms with Crippen LogP contribution in [0.15, 0.2) is 0 Å². The lowest BCUT2D eigenvalue weighted by molar-refractivity contribution is 0.0909. The van der Waals surface area contributed by atoms with E-state index in [0.29, 0.717) is 6.04 Å². The van der Waals surface area contributed by atoms with E-state index in [1.807, 2.05) is 0 Å². The number of nitrogens with two attached hydrogens (primary N) is 1. The number of nitrogens with zero attached hydrogens (tertiary/aromatic N) is 2. The third-order valence-corrected chi connectivity index (χ3v) is 4.16. The van der Waals surface area contributed by atoms with Crippen molar-refractivity contribution in [3.05, 3.63) is 0 Å². The molecule has 0 aromatic heterocycles. The molecule has 2 fully saturated rings. The quantitative estimate of drug-likeness (QED) is 0.745. The Morgan fingerprint density at radius 3 is 2.33 bits per heavy atom. The molecule has 1 saturated carbocycles. The van der Waals surface area contributed by atoms with E-state index in [0.717, 1.165) is 12.5 Å². The van der Waals surface area contributed by atoms with Crippen molar-refractivity contribution in [2.45, 2.75) is 31.7 Å². The normalized spacial score (nSPS) is 27.6. The van der Waals surface area contributed by atoms with Gasteiger partial charge in [0.25, 0.3) is 0 Å². The van der Waals surface area contributed by atoms with Crippen molar-refractivity contribution < 1.29 is 0 Å². The number of hydrogen-bond acceptors (Lipinski definition) is 3. The minimum absolute atomic E-state index is 0.656. The van der Waals surface area contributed by atoms with Gasteiger partial charge in [0.15, 0.2) is 0 Å². The van der Waals surface area contributed by atoms with Crippen LogP contribution >= 0.6 is 0 Å². The molecular formula is C12H25N3. The summed E-state index contributed by atoms with van der Waals surface area (Å²) in [6.07, 6.45) is 5.69. The molecule has 0 amide bonds. The van der Waals surface area contributed by atoms with E-state index in [-0.39, 0.29) is 0 Å². The predicted octanol–water partition coefficient (Wildman–Crippen LogP) is 0.751. The second kappa shape index (κ2) is 5.28.